The fourth-order valence-corrected chi connectivity index (χ4v) is 3.10. The predicted molar refractivity (Wildman–Crippen MR) is 113 cm³/mol. The fraction of sp³-hybridized carbons (Fsp3) is 0.286. The van der Waals surface area contributed by atoms with Crippen molar-refractivity contribution in [3.05, 3.63) is 47.7 Å². The lowest BCUT2D eigenvalue weighted by molar-refractivity contribution is 0.324. The molecule has 0 amide bonds. The van der Waals surface area contributed by atoms with E-state index >= 15 is 0 Å². The Morgan fingerprint density at radius 1 is 0.893 bits per heavy atom. The first-order chi connectivity index (χ1) is 13.1. The summed E-state index contributed by atoms with van der Waals surface area (Å²) in [5, 5.41) is 0.973. The highest BCUT2D eigenvalue weighted by Gasteiger charge is 2.14. The molecule has 3 rings (SSSR count). The van der Waals surface area contributed by atoms with Crippen molar-refractivity contribution in [3.8, 4) is 23.0 Å². The smallest absolute Gasteiger partial charge is 0.203 e. The van der Waals surface area contributed by atoms with Gasteiger partial charge in [-0.1, -0.05) is 0 Å². The van der Waals surface area contributed by atoms with Crippen LogP contribution in [0, 0.1) is 0 Å². The molecule has 150 valence electrons. The Balaban J connectivity index is 0.00000280. The fourth-order valence-electron chi connectivity index (χ4n) is 3.10. The number of nitrogens with zero attached hydrogens (tertiary/aromatic N) is 1. The lowest BCUT2D eigenvalue weighted by Crippen LogP contribution is -2.00. The van der Waals surface area contributed by atoms with Crippen molar-refractivity contribution in [2.45, 2.75) is 13.3 Å². The van der Waals surface area contributed by atoms with E-state index in [1.807, 2.05) is 37.4 Å². The summed E-state index contributed by atoms with van der Waals surface area (Å²) in [5.41, 5.74) is 9.58. The summed E-state index contributed by atoms with van der Waals surface area (Å²) < 4.78 is 21.8. The van der Waals surface area contributed by atoms with Crippen LogP contribution < -0.4 is 24.7 Å². The van der Waals surface area contributed by atoms with Gasteiger partial charge in [0, 0.05) is 11.6 Å². The van der Waals surface area contributed by atoms with Crippen LogP contribution in [0.1, 0.15) is 18.1 Å². The van der Waals surface area contributed by atoms with Gasteiger partial charge in [-0.25, -0.2) is 0 Å². The van der Waals surface area contributed by atoms with Gasteiger partial charge in [0.1, 0.15) is 11.4 Å². The molecule has 28 heavy (non-hydrogen) atoms. The van der Waals surface area contributed by atoms with Crippen LogP contribution in [0.3, 0.4) is 0 Å². The van der Waals surface area contributed by atoms with Crippen LogP contribution in [0.5, 0.6) is 23.0 Å². The van der Waals surface area contributed by atoms with Crippen LogP contribution in [-0.2, 0) is 6.42 Å². The van der Waals surface area contributed by atoms with Gasteiger partial charge >= 0.3 is 0 Å². The van der Waals surface area contributed by atoms with Crippen LogP contribution in [0.15, 0.2) is 36.5 Å². The third-order valence-corrected chi connectivity index (χ3v) is 4.34. The summed E-state index contributed by atoms with van der Waals surface area (Å²) in [4.78, 5) is 4.55. The topological polar surface area (TPSA) is 75.8 Å². The molecule has 0 aliphatic rings. The molecule has 1 aromatic heterocycles. The van der Waals surface area contributed by atoms with Gasteiger partial charge in [-0.3, -0.25) is 4.98 Å². The summed E-state index contributed by atoms with van der Waals surface area (Å²) in [6.07, 6.45) is 2.50. The summed E-state index contributed by atoms with van der Waals surface area (Å²) >= 11 is 0. The van der Waals surface area contributed by atoms with Gasteiger partial charge in [0.15, 0.2) is 11.5 Å². The Kier molecular flexibility index (Phi) is 7.18. The molecule has 0 aliphatic carbocycles. The van der Waals surface area contributed by atoms with Crippen LogP contribution in [0.25, 0.3) is 10.9 Å². The molecule has 2 aromatic carbocycles. The molecule has 0 radical (unpaired) electrons. The van der Waals surface area contributed by atoms with Crippen molar-refractivity contribution in [3.63, 3.8) is 0 Å². The number of rotatable bonds is 7. The van der Waals surface area contributed by atoms with E-state index in [9.17, 15) is 0 Å². The number of anilines is 1. The summed E-state index contributed by atoms with van der Waals surface area (Å²) in [5.74, 6) is 2.50. The molecule has 0 spiro atoms. The Bertz CT molecular complexity index is 938. The quantitative estimate of drug-likeness (QED) is 0.593. The van der Waals surface area contributed by atoms with Crippen LogP contribution in [0.2, 0.25) is 0 Å². The van der Waals surface area contributed by atoms with E-state index in [2.05, 4.69) is 11.1 Å². The standard InChI is InChI=1S/C21H24N2O4.ClH/c1-5-27-16-7-6-15-9-14(12-23-20(15)19(16)22)8-13-10-17(24-2)21(26-4)18(11-13)25-3;/h6-7,9-12H,5,8,22H2,1-4H3;1H. The van der Waals surface area contributed by atoms with Crippen molar-refractivity contribution < 1.29 is 18.9 Å². The van der Waals surface area contributed by atoms with E-state index in [1.165, 1.54) is 0 Å². The highest BCUT2D eigenvalue weighted by Crippen LogP contribution is 2.39. The largest absolute Gasteiger partial charge is 0.493 e. The first-order valence-corrected chi connectivity index (χ1v) is 8.70. The first-order valence-electron chi connectivity index (χ1n) is 8.70. The third-order valence-electron chi connectivity index (χ3n) is 4.34. The molecule has 2 N–H and O–H groups in total. The van der Waals surface area contributed by atoms with Gasteiger partial charge in [-0.2, -0.15) is 0 Å². The molecule has 0 aliphatic heterocycles. The summed E-state index contributed by atoms with van der Waals surface area (Å²) in [6.45, 7) is 2.49. The lowest BCUT2D eigenvalue weighted by Gasteiger charge is -2.14. The molecular formula is C21H25ClN2O4. The molecule has 0 saturated heterocycles. The van der Waals surface area contributed by atoms with Gasteiger partial charge in [0.05, 0.1) is 33.5 Å². The molecular weight excluding hydrogens is 380 g/mol. The van der Waals surface area contributed by atoms with Crippen molar-refractivity contribution in [1.29, 1.82) is 0 Å². The maximum absolute atomic E-state index is 6.18. The summed E-state index contributed by atoms with van der Waals surface area (Å²) in [6, 6.07) is 9.82. The average molecular weight is 405 g/mol. The Morgan fingerprint density at radius 3 is 2.14 bits per heavy atom. The zero-order valence-electron chi connectivity index (χ0n) is 16.4. The molecule has 6 nitrogen and oxygen atoms in total. The first kappa shape index (κ1) is 21.4. The number of methoxy groups -OCH3 is 3. The van der Waals surface area contributed by atoms with E-state index in [0.717, 1.165) is 22.0 Å². The monoisotopic (exact) mass is 404 g/mol. The molecule has 1 heterocycles. The maximum atomic E-state index is 6.18. The van der Waals surface area contributed by atoms with Crippen LogP contribution in [0.4, 0.5) is 5.69 Å². The molecule has 0 atom stereocenters. The van der Waals surface area contributed by atoms with Gasteiger partial charge in [0.25, 0.3) is 0 Å². The number of hydrogen-bond acceptors (Lipinski definition) is 6. The van der Waals surface area contributed by atoms with E-state index < -0.39 is 0 Å². The Morgan fingerprint density at radius 2 is 1.57 bits per heavy atom. The molecule has 0 bridgehead atoms. The predicted octanol–water partition coefficient (Wildman–Crippen LogP) is 4.25. The zero-order valence-corrected chi connectivity index (χ0v) is 17.3. The number of fused-ring (bicyclic) bond motifs is 1. The van der Waals surface area contributed by atoms with Crippen molar-refractivity contribution in [2.75, 3.05) is 33.7 Å². The van der Waals surface area contributed by atoms with Crippen molar-refractivity contribution >= 4 is 29.0 Å². The number of pyridine rings is 1. The second-order valence-electron chi connectivity index (χ2n) is 6.04. The molecule has 0 fully saturated rings. The third kappa shape index (κ3) is 4.17. The van der Waals surface area contributed by atoms with E-state index in [1.54, 1.807) is 21.3 Å². The number of benzene rings is 2. The van der Waals surface area contributed by atoms with E-state index in [0.29, 0.717) is 41.7 Å². The minimum absolute atomic E-state index is 0. The van der Waals surface area contributed by atoms with Crippen LogP contribution >= 0.6 is 12.4 Å². The number of nitrogens with two attached hydrogens (primary N) is 1. The number of ether oxygens (including phenoxy) is 4. The second kappa shape index (κ2) is 9.37. The Hall–Kier alpha value is -2.86. The maximum Gasteiger partial charge on any atom is 0.203 e. The van der Waals surface area contributed by atoms with Gasteiger partial charge in [-0.15, -0.1) is 12.4 Å². The second-order valence-corrected chi connectivity index (χ2v) is 6.04. The Labute approximate surface area is 171 Å². The minimum Gasteiger partial charge on any atom is -0.493 e. The molecule has 7 heteroatoms. The van der Waals surface area contributed by atoms with Crippen molar-refractivity contribution in [1.82, 2.24) is 4.98 Å². The number of nitrogen functional groups attached to an aromatic ring is 1. The number of halogens is 1. The number of aromatic nitrogens is 1. The van der Waals surface area contributed by atoms with Crippen LogP contribution in [-0.4, -0.2) is 32.9 Å². The van der Waals surface area contributed by atoms with E-state index in [-0.39, 0.29) is 12.4 Å². The molecule has 3 aromatic rings. The normalized spacial score (nSPS) is 10.3. The number of hydrogen-bond donors (Lipinski definition) is 1. The SMILES string of the molecule is CCOc1ccc2cc(Cc3cc(OC)c(OC)c(OC)c3)cnc2c1N.Cl. The average Bonchev–Trinajstić information content (AvgIpc) is 2.69. The minimum atomic E-state index is 0. The van der Waals surface area contributed by atoms with Gasteiger partial charge < -0.3 is 24.7 Å². The van der Waals surface area contributed by atoms with E-state index in [4.69, 9.17) is 24.7 Å². The highest BCUT2D eigenvalue weighted by atomic mass is 35.5. The zero-order chi connectivity index (χ0) is 19.4. The highest BCUT2D eigenvalue weighted by molar-refractivity contribution is 5.92. The van der Waals surface area contributed by atoms with Crippen molar-refractivity contribution in [2.24, 2.45) is 0 Å². The molecule has 0 unspecified atom stereocenters. The van der Waals surface area contributed by atoms with Gasteiger partial charge in [0.2, 0.25) is 5.75 Å². The lowest BCUT2D eigenvalue weighted by atomic mass is 10.0. The van der Waals surface area contributed by atoms with Gasteiger partial charge in [-0.05, 0) is 54.8 Å². The molecule has 0 saturated carbocycles. The summed E-state index contributed by atoms with van der Waals surface area (Å²) in [7, 11) is 4.81.